The standard InChI is InChI=1S/C17H17N3O3/c1-22-14-6-4-12(5-7-14)16-19-11-13(20-16)8-9-18-17(21)15-3-2-10-23-15/h2-7,10-11H,8-9H2,1H3,(H,18,21)(H,19,20). The first-order chi connectivity index (χ1) is 11.3. The molecule has 0 atom stereocenters. The molecule has 0 spiro atoms. The zero-order valence-electron chi connectivity index (χ0n) is 12.7. The Morgan fingerprint density at radius 3 is 2.83 bits per heavy atom. The smallest absolute Gasteiger partial charge is 0.286 e. The van der Waals surface area contributed by atoms with Crippen LogP contribution < -0.4 is 10.1 Å². The molecule has 23 heavy (non-hydrogen) atoms. The Morgan fingerprint density at radius 1 is 1.30 bits per heavy atom. The van der Waals surface area contributed by atoms with E-state index in [0.29, 0.717) is 18.7 Å². The summed E-state index contributed by atoms with van der Waals surface area (Å²) in [7, 11) is 1.64. The van der Waals surface area contributed by atoms with Gasteiger partial charge in [0.25, 0.3) is 5.91 Å². The summed E-state index contributed by atoms with van der Waals surface area (Å²) in [5.74, 6) is 1.69. The van der Waals surface area contributed by atoms with Gasteiger partial charge in [-0.3, -0.25) is 4.79 Å². The lowest BCUT2D eigenvalue weighted by atomic mass is 10.2. The lowest BCUT2D eigenvalue weighted by molar-refractivity contribution is 0.0926. The third-order valence-electron chi connectivity index (χ3n) is 3.42. The molecule has 1 amide bonds. The first kappa shape index (κ1) is 14.9. The van der Waals surface area contributed by atoms with E-state index < -0.39 is 0 Å². The van der Waals surface area contributed by atoms with Crippen LogP contribution in [0.15, 0.2) is 53.3 Å². The quantitative estimate of drug-likeness (QED) is 0.733. The Balaban J connectivity index is 1.55. The number of hydrogen-bond acceptors (Lipinski definition) is 4. The van der Waals surface area contributed by atoms with Crippen molar-refractivity contribution in [2.24, 2.45) is 0 Å². The molecule has 0 aliphatic heterocycles. The van der Waals surface area contributed by atoms with Gasteiger partial charge < -0.3 is 19.5 Å². The predicted octanol–water partition coefficient (Wildman–Crippen LogP) is 2.65. The number of carbonyl (C=O) groups excluding carboxylic acids is 1. The summed E-state index contributed by atoms with van der Waals surface area (Å²) in [5.41, 5.74) is 1.94. The van der Waals surface area contributed by atoms with E-state index in [1.54, 1.807) is 25.4 Å². The Hall–Kier alpha value is -3.02. The summed E-state index contributed by atoms with van der Waals surface area (Å²) in [6, 6.07) is 11.0. The maximum atomic E-state index is 11.7. The number of aromatic nitrogens is 2. The van der Waals surface area contributed by atoms with E-state index in [2.05, 4.69) is 15.3 Å². The van der Waals surface area contributed by atoms with Crippen molar-refractivity contribution in [3.8, 4) is 17.1 Å². The summed E-state index contributed by atoms with van der Waals surface area (Å²) in [4.78, 5) is 19.4. The minimum Gasteiger partial charge on any atom is -0.497 e. The van der Waals surface area contributed by atoms with Crippen LogP contribution in [-0.4, -0.2) is 29.5 Å². The molecule has 0 aliphatic rings. The van der Waals surface area contributed by atoms with Gasteiger partial charge in [0, 0.05) is 30.4 Å². The molecule has 2 N–H and O–H groups in total. The van der Waals surface area contributed by atoms with Crippen LogP contribution in [0.3, 0.4) is 0 Å². The molecule has 0 unspecified atom stereocenters. The van der Waals surface area contributed by atoms with Gasteiger partial charge in [0.15, 0.2) is 5.76 Å². The van der Waals surface area contributed by atoms with E-state index in [9.17, 15) is 4.79 Å². The number of nitrogens with zero attached hydrogens (tertiary/aromatic N) is 1. The summed E-state index contributed by atoms with van der Waals surface area (Å²) in [6.45, 7) is 0.504. The summed E-state index contributed by atoms with van der Waals surface area (Å²) >= 11 is 0. The molecule has 1 aromatic carbocycles. The monoisotopic (exact) mass is 311 g/mol. The largest absolute Gasteiger partial charge is 0.497 e. The molecule has 0 aliphatic carbocycles. The molecule has 6 heteroatoms. The second-order valence-electron chi connectivity index (χ2n) is 4.97. The summed E-state index contributed by atoms with van der Waals surface area (Å²) < 4.78 is 10.2. The highest BCUT2D eigenvalue weighted by atomic mass is 16.5. The highest BCUT2D eigenvalue weighted by Crippen LogP contribution is 2.19. The lowest BCUT2D eigenvalue weighted by Gasteiger charge is -2.02. The molecule has 118 valence electrons. The van der Waals surface area contributed by atoms with Crippen LogP contribution in [0.2, 0.25) is 0 Å². The Labute approximate surface area is 133 Å². The van der Waals surface area contributed by atoms with Gasteiger partial charge in [-0.25, -0.2) is 4.98 Å². The number of furan rings is 1. The fourth-order valence-electron chi connectivity index (χ4n) is 2.19. The molecule has 0 saturated heterocycles. The summed E-state index contributed by atoms with van der Waals surface area (Å²) in [6.07, 6.45) is 3.92. The van der Waals surface area contributed by atoms with E-state index in [0.717, 1.165) is 22.8 Å². The van der Waals surface area contributed by atoms with Crippen molar-refractivity contribution in [3.05, 3.63) is 60.3 Å². The number of aromatic amines is 1. The topological polar surface area (TPSA) is 80.2 Å². The molecule has 0 bridgehead atoms. The number of ether oxygens (including phenoxy) is 1. The van der Waals surface area contributed by atoms with E-state index in [-0.39, 0.29) is 5.91 Å². The number of imidazole rings is 1. The molecule has 0 saturated carbocycles. The maximum Gasteiger partial charge on any atom is 0.286 e. The van der Waals surface area contributed by atoms with E-state index in [4.69, 9.17) is 9.15 Å². The van der Waals surface area contributed by atoms with E-state index in [1.165, 1.54) is 6.26 Å². The van der Waals surface area contributed by atoms with Crippen molar-refractivity contribution in [3.63, 3.8) is 0 Å². The van der Waals surface area contributed by atoms with Crippen molar-refractivity contribution in [2.45, 2.75) is 6.42 Å². The van der Waals surface area contributed by atoms with Crippen molar-refractivity contribution in [2.75, 3.05) is 13.7 Å². The van der Waals surface area contributed by atoms with Gasteiger partial charge in [-0.05, 0) is 36.4 Å². The number of benzene rings is 1. The van der Waals surface area contributed by atoms with Crippen molar-refractivity contribution < 1.29 is 13.9 Å². The molecule has 3 rings (SSSR count). The number of nitrogens with one attached hydrogen (secondary N) is 2. The van der Waals surface area contributed by atoms with Gasteiger partial charge in [0.2, 0.25) is 0 Å². The fraction of sp³-hybridized carbons (Fsp3) is 0.176. The normalized spacial score (nSPS) is 10.5. The minimum atomic E-state index is -0.218. The molecular formula is C17H17N3O3. The number of rotatable bonds is 6. The van der Waals surface area contributed by atoms with E-state index >= 15 is 0 Å². The number of hydrogen-bond donors (Lipinski definition) is 2. The average molecular weight is 311 g/mol. The third-order valence-corrected chi connectivity index (χ3v) is 3.42. The molecule has 6 nitrogen and oxygen atoms in total. The zero-order chi connectivity index (χ0) is 16.1. The van der Waals surface area contributed by atoms with Crippen LogP contribution in [0.5, 0.6) is 5.75 Å². The molecule has 2 aromatic heterocycles. The van der Waals surface area contributed by atoms with Crippen molar-refractivity contribution in [1.82, 2.24) is 15.3 Å². The van der Waals surface area contributed by atoms with Crippen LogP contribution in [0.1, 0.15) is 16.2 Å². The second-order valence-corrected chi connectivity index (χ2v) is 4.97. The van der Waals surface area contributed by atoms with E-state index in [1.807, 2.05) is 24.3 Å². The van der Waals surface area contributed by atoms with Crippen LogP contribution in [0.25, 0.3) is 11.4 Å². The zero-order valence-corrected chi connectivity index (χ0v) is 12.7. The highest BCUT2D eigenvalue weighted by molar-refractivity contribution is 5.91. The number of carbonyl (C=O) groups is 1. The number of methoxy groups -OCH3 is 1. The molecule has 0 radical (unpaired) electrons. The first-order valence-corrected chi connectivity index (χ1v) is 7.26. The minimum absolute atomic E-state index is 0.218. The lowest BCUT2D eigenvalue weighted by Crippen LogP contribution is -2.25. The van der Waals surface area contributed by atoms with Gasteiger partial charge in [-0.15, -0.1) is 0 Å². The van der Waals surface area contributed by atoms with Gasteiger partial charge in [0.05, 0.1) is 13.4 Å². The Bertz CT molecular complexity index is 761. The van der Waals surface area contributed by atoms with Gasteiger partial charge in [-0.1, -0.05) is 0 Å². The van der Waals surface area contributed by atoms with Crippen LogP contribution in [0.4, 0.5) is 0 Å². The van der Waals surface area contributed by atoms with Gasteiger partial charge in [0.1, 0.15) is 11.6 Å². The fourth-order valence-corrected chi connectivity index (χ4v) is 2.19. The number of amides is 1. The summed E-state index contributed by atoms with van der Waals surface area (Å²) in [5, 5.41) is 2.80. The van der Waals surface area contributed by atoms with Gasteiger partial charge >= 0.3 is 0 Å². The van der Waals surface area contributed by atoms with Crippen molar-refractivity contribution in [1.29, 1.82) is 0 Å². The first-order valence-electron chi connectivity index (χ1n) is 7.26. The molecule has 0 fully saturated rings. The Morgan fingerprint density at radius 2 is 2.13 bits per heavy atom. The van der Waals surface area contributed by atoms with Crippen LogP contribution in [0, 0.1) is 0 Å². The van der Waals surface area contributed by atoms with Gasteiger partial charge in [-0.2, -0.15) is 0 Å². The third kappa shape index (κ3) is 3.60. The second kappa shape index (κ2) is 6.83. The number of H-pyrrole nitrogens is 1. The highest BCUT2D eigenvalue weighted by Gasteiger charge is 2.08. The molecule has 3 aromatic rings. The van der Waals surface area contributed by atoms with Crippen LogP contribution in [-0.2, 0) is 6.42 Å². The maximum absolute atomic E-state index is 11.7. The Kier molecular flexibility index (Phi) is 4.42. The molecular weight excluding hydrogens is 294 g/mol. The van der Waals surface area contributed by atoms with Crippen LogP contribution >= 0.6 is 0 Å². The average Bonchev–Trinajstić information content (AvgIpc) is 3.27. The molecule has 2 heterocycles. The SMILES string of the molecule is COc1ccc(-c2ncc(CCNC(=O)c3ccco3)[nH]2)cc1. The predicted molar refractivity (Wildman–Crippen MR) is 85.3 cm³/mol. The van der Waals surface area contributed by atoms with Crippen molar-refractivity contribution >= 4 is 5.91 Å².